The Morgan fingerprint density at radius 1 is 1.27 bits per heavy atom. The number of hydrogen-bond acceptors (Lipinski definition) is 5. The van der Waals surface area contributed by atoms with Crippen LogP contribution in [-0.2, 0) is 6.54 Å². The minimum atomic E-state index is -0.353. The van der Waals surface area contributed by atoms with Crippen molar-refractivity contribution in [1.82, 2.24) is 15.0 Å². The maximum absolute atomic E-state index is 10.0. The Bertz CT molecular complexity index is 654. The first-order valence-electron chi connectivity index (χ1n) is 7.69. The molecule has 1 aromatic heterocycles. The van der Waals surface area contributed by atoms with Crippen LogP contribution in [0, 0.1) is 0 Å². The van der Waals surface area contributed by atoms with Crippen molar-refractivity contribution in [3.05, 3.63) is 46.6 Å². The Hall–Kier alpha value is -1.43. The maximum Gasteiger partial charge on any atom is 0.244 e. The minimum Gasteiger partial charge on any atom is -0.392 e. The van der Waals surface area contributed by atoms with Crippen molar-refractivity contribution in [2.24, 2.45) is 0 Å². The number of nitrogens with zero attached hydrogens (tertiary/aromatic N) is 3. The van der Waals surface area contributed by atoms with E-state index in [1.54, 1.807) is 0 Å². The molecule has 2 unspecified atom stereocenters. The molecule has 1 aliphatic heterocycles. The van der Waals surface area contributed by atoms with Gasteiger partial charge in [0.2, 0.25) is 5.89 Å². The smallest absolute Gasteiger partial charge is 0.244 e. The molecule has 2 fully saturated rings. The van der Waals surface area contributed by atoms with Gasteiger partial charge in [-0.1, -0.05) is 28.9 Å². The van der Waals surface area contributed by atoms with Crippen LogP contribution >= 0.6 is 11.6 Å². The van der Waals surface area contributed by atoms with Gasteiger partial charge in [0.25, 0.3) is 0 Å². The Kier molecular flexibility index (Phi) is 3.64. The van der Waals surface area contributed by atoms with Gasteiger partial charge in [0.1, 0.15) is 0 Å². The van der Waals surface area contributed by atoms with E-state index in [1.807, 2.05) is 24.3 Å². The van der Waals surface area contributed by atoms with Gasteiger partial charge in [-0.2, -0.15) is 4.98 Å². The molecule has 0 bridgehead atoms. The Morgan fingerprint density at radius 2 is 2.05 bits per heavy atom. The molecule has 1 saturated heterocycles. The van der Waals surface area contributed by atoms with E-state index >= 15 is 0 Å². The fraction of sp³-hybridized carbons (Fsp3) is 0.500. The van der Waals surface area contributed by atoms with Gasteiger partial charge in [0.05, 0.1) is 12.1 Å². The van der Waals surface area contributed by atoms with Gasteiger partial charge in [-0.05, 0) is 37.0 Å². The van der Waals surface area contributed by atoms with E-state index in [4.69, 9.17) is 16.1 Å². The first-order chi connectivity index (χ1) is 10.7. The highest BCUT2D eigenvalue weighted by atomic mass is 35.5. The predicted octanol–water partition coefficient (Wildman–Crippen LogP) is 2.91. The van der Waals surface area contributed by atoms with Gasteiger partial charge in [0, 0.05) is 24.0 Å². The minimum absolute atomic E-state index is 0.00863. The summed E-state index contributed by atoms with van der Waals surface area (Å²) in [6.45, 7) is 1.36. The van der Waals surface area contributed by atoms with Crippen LogP contribution in [0.4, 0.5) is 0 Å². The van der Waals surface area contributed by atoms with Crippen LogP contribution in [0.2, 0.25) is 5.02 Å². The molecule has 116 valence electrons. The zero-order valence-electron chi connectivity index (χ0n) is 12.2. The van der Waals surface area contributed by atoms with E-state index in [9.17, 15) is 5.11 Å². The van der Waals surface area contributed by atoms with Crippen molar-refractivity contribution < 1.29 is 9.63 Å². The van der Waals surface area contributed by atoms with Gasteiger partial charge in [-0.15, -0.1) is 0 Å². The van der Waals surface area contributed by atoms with Crippen molar-refractivity contribution in [2.75, 3.05) is 6.54 Å². The molecule has 5 nitrogen and oxygen atoms in total. The number of aliphatic hydroxyl groups is 1. The summed E-state index contributed by atoms with van der Waals surface area (Å²) in [6, 6.07) is 7.78. The molecule has 22 heavy (non-hydrogen) atoms. The van der Waals surface area contributed by atoms with E-state index in [1.165, 1.54) is 0 Å². The lowest BCUT2D eigenvalue weighted by molar-refractivity contribution is 0.169. The number of β-amino-alcohol motifs (C(OH)–C–C–N with tert-alkyl or cyclic N) is 1. The van der Waals surface area contributed by atoms with Gasteiger partial charge in [-0.3, -0.25) is 4.90 Å². The topological polar surface area (TPSA) is 62.4 Å². The first-order valence-corrected chi connectivity index (χ1v) is 8.07. The Labute approximate surface area is 133 Å². The largest absolute Gasteiger partial charge is 0.392 e. The molecule has 1 aromatic carbocycles. The molecule has 4 rings (SSSR count). The highest BCUT2D eigenvalue weighted by Crippen LogP contribution is 2.40. The van der Waals surface area contributed by atoms with Gasteiger partial charge in [0.15, 0.2) is 5.82 Å². The van der Waals surface area contributed by atoms with E-state index in [-0.39, 0.29) is 12.1 Å². The molecule has 2 aliphatic rings. The molecular weight excluding hydrogens is 302 g/mol. The normalized spacial score (nSPS) is 25.7. The van der Waals surface area contributed by atoms with Crippen molar-refractivity contribution in [3.8, 4) is 0 Å². The second kappa shape index (κ2) is 5.65. The Balaban J connectivity index is 1.52. The van der Waals surface area contributed by atoms with Gasteiger partial charge < -0.3 is 9.63 Å². The SMILES string of the molecule is OC1CC(c2nc(C3CC3)no2)N(Cc2ccc(Cl)cc2)C1. The third kappa shape index (κ3) is 2.89. The molecule has 6 heteroatoms. The summed E-state index contributed by atoms with van der Waals surface area (Å²) < 4.78 is 5.45. The van der Waals surface area contributed by atoms with E-state index in [0.717, 1.165) is 35.8 Å². The molecule has 2 atom stereocenters. The number of halogens is 1. The van der Waals surface area contributed by atoms with E-state index < -0.39 is 0 Å². The summed E-state index contributed by atoms with van der Waals surface area (Å²) in [6.07, 6.45) is 2.59. The Morgan fingerprint density at radius 3 is 2.77 bits per heavy atom. The number of benzene rings is 1. The van der Waals surface area contributed by atoms with Gasteiger partial charge >= 0.3 is 0 Å². The summed E-state index contributed by atoms with van der Waals surface area (Å²) in [7, 11) is 0. The number of aromatic nitrogens is 2. The van der Waals surface area contributed by atoms with Gasteiger partial charge in [-0.25, -0.2) is 0 Å². The molecule has 0 spiro atoms. The third-order valence-electron chi connectivity index (χ3n) is 4.37. The molecule has 1 aliphatic carbocycles. The summed E-state index contributed by atoms with van der Waals surface area (Å²) in [5, 5.41) is 14.8. The highest BCUT2D eigenvalue weighted by molar-refractivity contribution is 6.30. The van der Waals surface area contributed by atoms with Crippen LogP contribution in [0.3, 0.4) is 0 Å². The third-order valence-corrected chi connectivity index (χ3v) is 4.62. The quantitative estimate of drug-likeness (QED) is 0.938. The average Bonchev–Trinajstić information content (AvgIpc) is 3.12. The fourth-order valence-corrected chi connectivity index (χ4v) is 3.15. The second-order valence-corrected chi connectivity index (χ2v) is 6.66. The molecule has 1 N–H and O–H groups in total. The standard InChI is InChI=1S/C16H18ClN3O2/c17-12-5-1-10(2-6-12)8-20-9-13(21)7-14(20)16-18-15(19-22-16)11-3-4-11/h1-2,5-6,11,13-14,21H,3-4,7-9H2. The lowest BCUT2D eigenvalue weighted by atomic mass is 10.1. The molecule has 0 radical (unpaired) electrons. The average molecular weight is 320 g/mol. The van der Waals surface area contributed by atoms with Crippen molar-refractivity contribution in [3.63, 3.8) is 0 Å². The van der Waals surface area contributed by atoms with Crippen molar-refractivity contribution >= 4 is 11.6 Å². The van der Waals surface area contributed by atoms with Crippen LogP contribution in [-0.4, -0.2) is 32.8 Å². The number of hydrogen-bond donors (Lipinski definition) is 1. The summed E-state index contributed by atoms with van der Waals surface area (Å²) in [4.78, 5) is 6.74. The van der Waals surface area contributed by atoms with E-state index in [0.29, 0.717) is 24.8 Å². The zero-order valence-corrected chi connectivity index (χ0v) is 12.9. The summed E-state index contributed by atoms with van der Waals surface area (Å²) in [5.74, 6) is 1.93. The zero-order chi connectivity index (χ0) is 15.1. The molecular formula is C16H18ClN3O2. The van der Waals surface area contributed by atoms with Crippen LogP contribution in [0.25, 0.3) is 0 Å². The van der Waals surface area contributed by atoms with Crippen molar-refractivity contribution in [2.45, 2.75) is 43.9 Å². The number of aliphatic hydroxyl groups excluding tert-OH is 1. The van der Waals surface area contributed by atoms with E-state index in [2.05, 4.69) is 15.0 Å². The predicted molar refractivity (Wildman–Crippen MR) is 81.5 cm³/mol. The number of rotatable bonds is 4. The molecule has 1 saturated carbocycles. The maximum atomic E-state index is 10.0. The lowest BCUT2D eigenvalue weighted by Gasteiger charge is -2.21. The van der Waals surface area contributed by atoms with Crippen LogP contribution in [0.15, 0.2) is 28.8 Å². The molecule has 2 aromatic rings. The van der Waals surface area contributed by atoms with Crippen molar-refractivity contribution in [1.29, 1.82) is 0 Å². The van der Waals surface area contributed by atoms with Crippen LogP contribution < -0.4 is 0 Å². The highest BCUT2D eigenvalue weighted by Gasteiger charge is 2.37. The summed E-state index contributed by atoms with van der Waals surface area (Å²) >= 11 is 5.93. The van der Waals surface area contributed by atoms with Crippen LogP contribution in [0.1, 0.15) is 48.5 Å². The first kappa shape index (κ1) is 14.2. The summed E-state index contributed by atoms with van der Waals surface area (Å²) in [5.41, 5.74) is 1.16. The fourth-order valence-electron chi connectivity index (χ4n) is 3.03. The van der Waals surface area contributed by atoms with Crippen LogP contribution in [0.5, 0.6) is 0 Å². The lowest BCUT2D eigenvalue weighted by Crippen LogP contribution is -2.24. The number of likely N-dealkylation sites (tertiary alicyclic amines) is 1. The monoisotopic (exact) mass is 319 g/mol. The second-order valence-electron chi connectivity index (χ2n) is 6.23. The molecule has 0 amide bonds. The molecule has 2 heterocycles.